The molecule has 0 saturated carbocycles. The molecule has 0 unspecified atom stereocenters. The average molecular weight is 486 g/mol. The molecular weight excluding hydrogens is 459 g/mol. The number of pyridine rings is 1. The summed E-state index contributed by atoms with van der Waals surface area (Å²) in [6.45, 7) is 2.29. The number of nitrogens with two attached hydrogens (primary N) is 1. The van der Waals surface area contributed by atoms with Gasteiger partial charge in [-0.2, -0.15) is 13.2 Å². The number of aromatic nitrogens is 3. The van der Waals surface area contributed by atoms with Crippen molar-refractivity contribution >= 4 is 11.9 Å². The molecule has 1 aromatic carbocycles. The topological polar surface area (TPSA) is 105 Å². The maximum atomic E-state index is 13.0. The molecule has 3 N–H and O–H groups in total. The molecule has 0 spiro atoms. The van der Waals surface area contributed by atoms with Crippen molar-refractivity contribution in [2.24, 2.45) is 0 Å². The quantitative estimate of drug-likeness (QED) is 0.550. The summed E-state index contributed by atoms with van der Waals surface area (Å²) in [5, 5.41) is 0. The van der Waals surface area contributed by atoms with E-state index < -0.39 is 11.7 Å². The van der Waals surface area contributed by atoms with Gasteiger partial charge in [-0.1, -0.05) is 18.2 Å². The molecule has 4 rings (SSSR count). The maximum absolute atomic E-state index is 13.0. The summed E-state index contributed by atoms with van der Waals surface area (Å²) >= 11 is 0. The van der Waals surface area contributed by atoms with Crippen LogP contribution in [0.15, 0.2) is 47.3 Å². The number of halogens is 3. The minimum absolute atomic E-state index is 0.0458. The van der Waals surface area contributed by atoms with Crippen molar-refractivity contribution < 1.29 is 18.0 Å². The number of H-pyrrole nitrogens is 1. The fraction of sp³-hybridized carbons (Fsp3) is 0.360. The number of alkyl halides is 3. The molecule has 1 aliphatic heterocycles. The second-order valence-corrected chi connectivity index (χ2v) is 8.69. The number of amides is 1. The third kappa shape index (κ3) is 5.70. The highest BCUT2D eigenvalue weighted by Crippen LogP contribution is 2.32. The number of nitrogen functional groups attached to an aromatic ring is 1. The number of nitrogens with one attached hydrogen (secondary N) is 1. The summed E-state index contributed by atoms with van der Waals surface area (Å²) in [5.74, 6) is -0.0255. The number of hydrogen-bond acceptors (Lipinski definition) is 5. The molecule has 1 atom stereocenters. The first kappa shape index (κ1) is 24.4. The van der Waals surface area contributed by atoms with Crippen LogP contribution in [0, 0.1) is 6.92 Å². The van der Waals surface area contributed by atoms with Crippen molar-refractivity contribution in [2.75, 3.05) is 12.3 Å². The van der Waals surface area contributed by atoms with Crippen LogP contribution in [0.25, 0.3) is 0 Å². The summed E-state index contributed by atoms with van der Waals surface area (Å²) in [6, 6.07) is 10.4. The van der Waals surface area contributed by atoms with Gasteiger partial charge in [-0.15, -0.1) is 0 Å². The molecule has 0 radical (unpaired) electrons. The number of benzene rings is 1. The Hall–Kier alpha value is -3.69. The van der Waals surface area contributed by atoms with Crippen LogP contribution in [0.3, 0.4) is 0 Å². The summed E-state index contributed by atoms with van der Waals surface area (Å²) in [4.78, 5) is 38.2. The molecule has 1 saturated heterocycles. The zero-order valence-electron chi connectivity index (χ0n) is 19.2. The van der Waals surface area contributed by atoms with Crippen molar-refractivity contribution in [3.63, 3.8) is 0 Å². The summed E-state index contributed by atoms with van der Waals surface area (Å²) < 4.78 is 38.4. The second kappa shape index (κ2) is 9.89. The van der Waals surface area contributed by atoms with Gasteiger partial charge in [0.15, 0.2) is 0 Å². The molecule has 1 aliphatic rings. The van der Waals surface area contributed by atoms with Crippen LogP contribution in [0.4, 0.5) is 19.1 Å². The highest BCUT2D eigenvalue weighted by molar-refractivity contribution is 5.77. The van der Waals surface area contributed by atoms with Gasteiger partial charge in [0, 0.05) is 36.3 Å². The van der Waals surface area contributed by atoms with Crippen LogP contribution in [0.5, 0.6) is 0 Å². The molecule has 1 amide bonds. The molecule has 10 heteroatoms. The molecule has 7 nitrogen and oxygen atoms in total. The molecule has 0 bridgehead atoms. The van der Waals surface area contributed by atoms with Gasteiger partial charge in [-0.25, -0.2) is 4.98 Å². The van der Waals surface area contributed by atoms with Crippen molar-refractivity contribution in [3.8, 4) is 0 Å². The molecule has 3 aromatic rings. The average Bonchev–Trinajstić information content (AvgIpc) is 3.28. The van der Waals surface area contributed by atoms with E-state index in [9.17, 15) is 22.8 Å². The largest absolute Gasteiger partial charge is 0.416 e. The number of hydrogen-bond donors (Lipinski definition) is 2. The van der Waals surface area contributed by atoms with E-state index in [2.05, 4.69) is 9.97 Å². The maximum Gasteiger partial charge on any atom is 0.416 e. The lowest BCUT2D eigenvalue weighted by Gasteiger charge is -2.25. The molecule has 0 aliphatic carbocycles. The predicted octanol–water partition coefficient (Wildman–Crippen LogP) is 3.96. The number of rotatable bonds is 6. The van der Waals surface area contributed by atoms with Crippen molar-refractivity contribution in [2.45, 2.75) is 51.2 Å². The highest BCUT2D eigenvalue weighted by Gasteiger charge is 2.31. The molecule has 35 heavy (non-hydrogen) atoms. The van der Waals surface area contributed by atoms with E-state index in [4.69, 9.17) is 10.7 Å². The van der Waals surface area contributed by atoms with E-state index in [0.717, 1.165) is 41.9 Å². The highest BCUT2D eigenvalue weighted by atomic mass is 19.4. The fourth-order valence-corrected chi connectivity index (χ4v) is 4.48. The summed E-state index contributed by atoms with van der Waals surface area (Å²) in [7, 11) is 0. The van der Waals surface area contributed by atoms with E-state index >= 15 is 0 Å². The van der Waals surface area contributed by atoms with Crippen molar-refractivity contribution in [3.05, 3.63) is 86.6 Å². The Balaban J connectivity index is 1.44. The van der Waals surface area contributed by atoms with Crippen LogP contribution in [-0.4, -0.2) is 32.3 Å². The van der Waals surface area contributed by atoms with Crippen molar-refractivity contribution in [1.29, 1.82) is 0 Å². The molecular formula is C25H26F3N5O2. The Morgan fingerprint density at radius 1 is 1.17 bits per heavy atom. The number of carbonyl (C=O) groups is 1. The first-order chi connectivity index (χ1) is 16.6. The van der Waals surface area contributed by atoms with Crippen LogP contribution in [0.1, 0.15) is 59.1 Å². The van der Waals surface area contributed by atoms with Gasteiger partial charge in [-0.3, -0.25) is 19.6 Å². The zero-order valence-corrected chi connectivity index (χ0v) is 19.2. The lowest BCUT2D eigenvalue weighted by atomic mass is 10.0. The zero-order chi connectivity index (χ0) is 25.2. The third-order valence-corrected chi connectivity index (χ3v) is 6.24. The first-order valence-electron chi connectivity index (χ1n) is 11.4. The van der Waals surface area contributed by atoms with E-state index in [1.54, 1.807) is 11.8 Å². The first-order valence-corrected chi connectivity index (χ1v) is 11.4. The summed E-state index contributed by atoms with van der Waals surface area (Å²) in [6.07, 6.45) is -1.95. The molecule has 1 fully saturated rings. The Labute approximate surface area is 200 Å². The lowest BCUT2D eigenvalue weighted by Crippen LogP contribution is -2.32. The Kier molecular flexibility index (Phi) is 6.90. The van der Waals surface area contributed by atoms with Gasteiger partial charge in [0.1, 0.15) is 0 Å². The minimum atomic E-state index is -4.37. The SMILES string of the molecule is Cc1nc(N)[nH]c(=O)c1CCC(=O)N1CCC[C@H]1c1cccc(Cc2ccc(C(F)(F)F)cc2)n1. The number of aryl methyl sites for hydroxylation is 1. The van der Waals surface area contributed by atoms with Crippen LogP contribution < -0.4 is 11.3 Å². The van der Waals surface area contributed by atoms with Gasteiger partial charge < -0.3 is 10.6 Å². The molecule has 3 heterocycles. The Bertz CT molecular complexity index is 1270. The van der Waals surface area contributed by atoms with Crippen LogP contribution in [-0.2, 0) is 23.8 Å². The van der Waals surface area contributed by atoms with E-state index in [1.807, 2.05) is 18.2 Å². The van der Waals surface area contributed by atoms with E-state index in [1.165, 1.54) is 12.1 Å². The van der Waals surface area contributed by atoms with Crippen molar-refractivity contribution in [1.82, 2.24) is 19.9 Å². The predicted molar refractivity (Wildman–Crippen MR) is 125 cm³/mol. The van der Waals surface area contributed by atoms with Crippen LogP contribution >= 0.6 is 0 Å². The smallest absolute Gasteiger partial charge is 0.369 e. The molecule has 2 aromatic heterocycles. The normalized spacial score (nSPS) is 16.0. The number of carbonyl (C=O) groups excluding carboxylic acids is 1. The number of nitrogens with zero attached hydrogens (tertiary/aromatic N) is 3. The van der Waals surface area contributed by atoms with E-state index in [0.29, 0.717) is 24.2 Å². The minimum Gasteiger partial charge on any atom is -0.369 e. The third-order valence-electron chi connectivity index (χ3n) is 6.24. The van der Waals surface area contributed by atoms with E-state index in [-0.39, 0.29) is 36.3 Å². The summed E-state index contributed by atoms with van der Waals surface area (Å²) in [5.41, 5.74) is 7.68. The van der Waals surface area contributed by atoms with Gasteiger partial charge >= 0.3 is 6.18 Å². The van der Waals surface area contributed by atoms with Gasteiger partial charge in [-0.05, 0) is 56.0 Å². The fourth-order valence-electron chi connectivity index (χ4n) is 4.48. The number of likely N-dealkylation sites (tertiary alicyclic amines) is 1. The van der Waals surface area contributed by atoms with Gasteiger partial charge in [0.25, 0.3) is 5.56 Å². The standard InChI is InChI=1S/C25H26F3N5O2/c1-15-19(23(35)32-24(29)30-15)11-12-22(34)33-13-3-6-21(33)20-5-2-4-18(31-20)14-16-7-9-17(10-8-16)25(26,27)28/h2,4-5,7-10,21H,3,6,11-14H2,1H3,(H3,29,30,32,35)/t21-/m0/s1. The Morgan fingerprint density at radius 2 is 1.91 bits per heavy atom. The number of anilines is 1. The monoisotopic (exact) mass is 485 g/mol. The van der Waals surface area contributed by atoms with Gasteiger partial charge in [0.05, 0.1) is 17.3 Å². The van der Waals surface area contributed by atoms with Gasteiger partial charge in [0.2, 0.25) is 11.9 Å². The Morgan fingerprint density at radius 3 is 2.60 bits per heavy atom. The van der Waals surface area contributed by atoms with Crippen LogP contribution in [0.2, 0.25) is 0 Å². The lowest BCUT2D eigenvalue weighted by molar-refractivity contribution is -0.137. The second-order valence-electron chi connectivity index (χ2n) is 8.69. The number of aromatic amines is 1. The molecule has 184 valence electrons.